The van der Waals surface area contributed by atoms with Gasteiger partial charge in [-0.25, -0.2) is 0 Å². The quantitative estimate of drug-likeness (QED) is 0.446. The van der Waals surface area contributed by atoms with Gasteiger partial charge in [-0.15, -0.1) is 0 Å². The lowest BCUT2D eigenvalue weighted by atomic mass is 10.2. The van der Waals surface area contributed by atoms with Crippen LogP contribution >= 0.6 is 0 Å². The maximum atomic E-state index is 5.97. The number of ether oxygens (including phenoxy) is 2. The number of hydrogen-bond donors (Lipinski definition) is 0. The molecular formula is C19H32O2. The summed E-state index contributed by atoms with van der Waals surface area (Å²) in [6.07, 6.45) is 9.84. The molecule has 0 N–H and O–H groups in total. The van der Waals surface area contributed by atoms with Crippen molar-refractivity contribution in [3.63, 3.8) is 0 Å². The first-order valence-corrected chi connectivity index (χ1v) is 8.64. The van der Waals surface area contributed by atoms with Gasteiger partial charge in [-0.2, -0.15) is 0 Å². The molecule has 0 aliphatic heterocycles. The number of rotatable bonds is 12. The fourth-order valence-electron chi connectivity index (χ4n) is 2.34. The summed E-state index contributed by atoms with van der Waals surface area (Å²) in [6, 6.07) is 6.15. The van der Waals surface area contributed by atoms with Crippen molar-refractivity contribution in [3.8, 4) is 11.5 Å². The van der Waals surface area contributed by atoms with Crippen LogP contribution < -0.4 is 9.47 Å². The molecule has 21 heavy (non-hydrogen) atoms. The van der Waals surface area contributed by atoms with E-state index < -0.39 is 0 Å². The van der Waals surface area contributed by atoms with E-state index in [9.17, 15) is 0 Å². The molecule has 0 fully saturated rings. The lowest BCUT2D eigenvalue weighted by Gasteiger charge is -2.15. The van der Waals surface area contributed by atoms with Crippen molar-refractivity contribution in [2.45, 2.75) is 72.1 Å². The average Bonchev–Trinajstić information content (AvgIpc) is 2.49. The molecule has 1 aromatic rings. The monoisotopic (exact) mass is 292 g/mol. The Labute approximate surface area is 130 Å². The molecule has 0 aliphatic rings. The standard InChI is InChI=1S/C19H32O2/c1-4-6-8-10-15-20-18-14-12-13-17(3)19(18)21-16-11-9-7-5-2/h12-14H,4-11,15-16H2,1-3H3. The van der Waals surface area contributed by atoms with Crippen LogP contribution in [0, 0.1) is 6.92 Å². The molecule has 0 amide bonds. The van der Waals surface area contributed by atoms with Gasteiger partial charge in [-0.3, -0.25) is 0 Å². The van der Waals surface area contributed by atoms with Crippen molar-refractivity contribution in [2.75, 3.05) is 13.2 Å². The van der Waals surface area contributed by atoms with E-state index in [2.05, 4.69) is 26.8 Å². The molecule has 1 rings (SSSR count). The molecule has 0 spiro atoms. The van der Waals surface area contributed by atoms with Gasteiger partial charge in [0.05, 0.1) is 13.2 Å². The molecule has 0 heterocycles. The number of hydrogen-bond acceptors (Lipinski definition) is 2. The summed E-state index contributed by atoms with van der Waals surface area (Å²) in [6.45, 7) is 8.12. The van der Waals surface area contributed by atoms with Crippen molar-refractivity contribution in [1.82, 2.24) is 0 Å². The maximum Gasteiger partial charge on any atom is 0.164 e. The van der Waals surface area contributed by atoms with Gasteiger partial charge in [0.25, 0.3) is 0 Å². The second-order valence-electron chi connectivity index (χ2n) is 5.72. The van der Waals surface area contributed by atoms with E-state index in [1.165, 1.54) is 38.5 Å². The molecule has 0 radical (unpaired) electrons. The van der Waals surface area contributed by atoms with E-state index in [4.69, 9.17) is 9.47 Å². The van der Waals surface area contributed by atoms with Gasteiger partial charge >= 0.3 is 0 Å². The largest absolute Gasteiger partial charge is 0.490 e. The predicted octanol–water partition coefficient (Wildman–Crippen LogP) is 5.91. The molecule has 2 heteroatoms. The first-order chi connectivity index (χ1) is 10.3. The second kappa shape index (κ2) is 11.5. The Morgan fingerprint density at radius 2 is 1.38 bits per heavy atom. The Balaban J connectivity index is 2.41. The molecular weight excluding hydrogens is 260 g/mol. The van der Waals surface area contributed by atoms with E-state index in [0.717, 1.165) is 43.1 Å². The zero-order valence-corrected chi connectivity index (χ0v) is 14.1. The molecule has 0 saturated heterocycles. The van der Waals surface area contributed by atoms with Gasteiger partial charge in [0.15, 0.2) is 11.5 Å². The van der Waals surface area contributed by atoms with Gasteiger partial charge in [0, 0.05) is 0 Å². The highest BCUT2D eigenvalue weighted by Crippen LogP contribution is 2.31. The van der Waals surface area contributed by atoms with Crippen LogP contribution in [0.4, 0.5) is 0 Å². The molecule has 0 unspecified atom stereocenters. The number of unbranched alkanes of at least 4 members (excludes halogenated alkanes) is 6. The van der Waals surface area contributed by atoms with Crippen LogP contribution in [0.1, 0.15) is 70.8 Å². The molecule has 0 saturated carbocycles. The highest BCUT2D eigenvalue weighted by atomic mass is 16.5. The average molecular weight is 292 g/mol. The van der Waals surface area contributed by atoms with E-state index >= 15 is 0 Å². The number of para-hydroxylation sites is 1. The van der Waals surface area contributed by atoms with Crippen LogP contribution in [-0.2, 0) is 0 Å². The third-order valence-electron chi connectivity index (χ3n) is 3.68. The highest BCUT2D eigenvalue weighted by molar-refractivity contribution is 5.45. The van der Waals surface area contributed by atoms with Crippen LogP contribution in [0.3, 0.4) is 0 Å². The van der Waals surface area contributed by atoms with Crippen molar-refractivity contribution >= 4 is 0 Å². The first-order valence-electron chi connectivity index (χ1n) is 8.64. The number of aryl methyl sites for hydroxylation is 1. The summed E-state index contributed by atoms with van der Waals surface area (Å²) < 4.78 is 11.9. The van der Waals surface area contributed by atoms with Gasteiger partial charge in [-0.05, 0) is 31.4 Å². The highest BCUT2D eigenvalue weighted by Gasteiger charge is 2.08. The van der Waals surface area contributed by atoms with Crippen molar-refractivity contribution in [1.29, 1.82) is 0 Å². The van der Waals surface area contributed by atoms with Gasteiger partial charge in [0.2, 0.25) is 0 Å². The lowest BCUT2D eigenvalue weighted by Crippen LogP contribution is -2.04. The molecule has 2 nitrogen and oxygen atoms in total. The van der Waals surface area contributed by atoms with E-state index in [0.29, 0.717) is 0 Å². The summed E-state index contributed by atoms with van der Waals surface area (Å²) in [5.41, 5.74) is 1.16. The smallest absolute Gasteiger partial charge is 0.164 e. The van der Waals surface area contributed by atoms with Crippen LogP contribution in [-0.4, -0.2) is 13.2 Å². The summed E-state index contributed by atoms with van der Waals surface area (Å²) in [5.74, 6) is 1.84. The SMILES string of the molecule is CCCCCCOc1cccc(C)c1OCCCCCC. The van der Waals surface area contributed by atoms with Crippen molar-refractivity contribution < 1.29 is 9.47 Å². The Morgan fingerprint density at radius 3 is 2.00 bits per heavy atom. The van der Waals surface area contributed by atoms with Crippen LogP contribution in [0.25, 0.3) is 0 Å². The molecule has 1 aromatic carbocycles. The van der Waals surface area contributed by atoms with Crippen LogP contribution in [0.15, 0.2) is 18.2 Å². The topological polar surface area (TPSA) is 18.5 Å². The normalized spacial score (nSPS) is 10.6. The van der Waals surface area contributed by atoms with Crippen molar-refractivity contribution in [2.24, 2.45) is 0 Å². The first kappa shape index (κ1) is 17.9. The van der Waals surface area contributed by atoms with E-state index in [-0.39, 0.29) is 0 Å². The van der Waals surface area contributed by atoms with Crippen LogP contribution in [0.5, 0.6) is 11.5 Å². The third-order valence-corrected chi connectivity index (χ3v) is 3.68. The van der Waals surface area contributed by atoms with E-state index in [1.807, 2.05) is 12.1 Å². The molecule has 0 atom stereocenters. The molecule has 0 aromatic heterocycles. The summed E-state index contributed by atoms with van der Waals surface area (Å²) in [4.78, 5) is 0. The lowest BCUT2D eigenvalue weighted by molar-refractivity contribution is 0.257. The zero-order chi connectivity index (χ0) is 15.3. The van der Waals surface area contributed by atoms with Gasteiger partial charge in [0.1, 0.15) is 0 Å². The fourth-order valence-corrected chi connectivity index (χ4v) is 2.34. The zero-order valence-electron chi connectivity index (χ0n) is 14.1. The Hall–Kier alpha value is -1.18. The number of benzene rings is 1. The van der Waals surface area contributed by atoms with E-state index in [1.54, 1.807) is 0 Å². The minimum absolute atomic E-state index is 0.787. The maximum absolute atomic E-state index is 5.97. The van der Waals surface area contributed by atoms with Gasteiger partial charge < -0.3 is 9.47 Å². The molecule has 0 aliphatic carbocycles. The Kier molecular flexibility index (Phi) is 9.77. The Bertz CT molecular complexity index is 374. The summed E-state index contributed by atoms with van der Waals surface area (Å²) >= 11 is 0. The minimum atomic E-state index is 0.787. The fraction of sp³-hybridized carbons (Fsp3) is 0.684. The molecule has 120 valence electrons. The van der Waals surface area contributed by atoms with Crippen LogP contribution in [0.2, 0.25) is 0 Å². The summed E-state index contributed by atoms with van der Waals surface area (Å²) in [5, 5.41) is 0. The van der Waals surface area contributed by atoms with Gasteiger partial charge in [-0.1, -0.05) is 64.5 Å². The second-order valence-corrected chi connectivity index (χ2v) is 5.72. The Morgan fingerprint density at radius 1 is 0.762 bits per heavy atom. The predicted molar refractivity (Wildman–Crippen MR) is 90.5 cm³/mol. The van der Waals surface area contributed by atoms with Crippen molar-refractivity contribution in [3.05, 3.63) is 23.8 Å². The summed E-state index contributed by atoms with van der Waals surface area (Å²) in [7, 11) is 0. The molecule has 0 bridgehead atoms. The minimum Gasteiger partial charge on any atom is -0.490 e. The third kappa shape index (κ3) is 7.40.